The van der Waals surface area contributed by atoms with E-state index in [4.69, 9.17) is 4.74 Å². The van der Waals surface area contributed by atoms with Gasteiger partial charge in [-0.05, 0) is 38.0 Å². The molecule has 0 unspecified atom stereocenters. The maximum absolute atomic E-state index is 12.3. The van der Waals surface area contributed by atoms with Gasteiger partial charge in [0, 0.05) is 4.47 Å². The van der Waals surface area contributed by atoms with Gasteiger partial charge < -0.3 is 10.1 Å². The van der Waals surface area contributed by atoms with Crippen LogP contribution in [-0.4, -0.2) is 23.5 Å². The van der Waals surface area contributed by atoms with E-state index >= 15 is 0 Å². The molecule has 122 valence electrons. The molecule has 0 saturated heterocycles. The van der Waals surface area contributed by atoms with Crippen molar-refractivity contribution in [3.05, 3.63) is 34.3 Å². The number of carbonyl (C=O) groups excluding carboxylic acids is 2. The average Bonchev–Trinajstić information content (AvgIpc) is 2.55. The summed E-state index contributed by atoms with van der Waals surface area (Å²) in [6, 6.07) is 8.99. The van der Waals surface area contributed by atoms with Gasteiger partial charge in [-0.3, -0.25) is 4.79 Å². The number of nitrogens with one attached hydrogen (secondary N) is 1. The zero-order chi connectivity index (χ0) is 16.9. The smallest absolute Gasteiger partial charge is 0.338 e. The maximum Gasteiger partial charge on any atom is 0.338 e. The number of hydrogen-bond donors (Lipinski definition) is 1. The Morgan fingerprint density at radius 1 is 1.35 bits per heavy atom. The van der Waals surface area contributed by atoms with Crippen molar-refractivity contribution >= 4 is 27.8 Å². The summed E-state index contributed by atoms with van der Waals surface area (Å²) in [6.45, 7) is 1.51. The van der Waals surface area contributed by atoms with Gasteiger partial charge in [-0.1, -0.05) is 41.3 Å². The van der Waals surface area contributed by atoms with E-state index in [1.54, 1.807) is 24.3 Å². The molecule has 0 spiro atoms. The van der Waals surface area contributed by atoms with Crippen LogP contribution in [0.5, 0.6) is 0 Å². The van der Waals surface area contributed by atoms with Crippen LogP contribution in [0.3, 0.4) is 0 Å². The highest BCUT2D eigenvalue weighted by molar-refractivity contribution is 9.10. The topological polar surface area (TPSA) is 79.2 Å². The van der Waals surface area contributed by atoms with E-state index in [1.165, 1.54) is 6.92 Å². The van der Waals surface area contributed by atoms with Crippen LogP contribution in [0.4, 0.5) is 0 Å². The highest BCUT2D eigenvalue weighted by atomic mass is 79.9. The number of nitrogens with zero attached hydrogens (tertiary/aromatic N) is 1. The highest BCUT2D eigenvalue weighted by Crippen LogP contribution is 2.27. The first-order valence-corrected chi connectivity index (χ1v) is 8.45. The Labute approximate surface area is 144 Å². The molecular weight excluding hydrogens is 360 g/mol. The van der Waals surface area contributed by atoms with Gasteiger partial charge in [0.25, 0.3) is 5.91 Å². The Balaban J connectivity index is 1.97. The Bertz CT molecular complexity index is 633. The molecule has 1 fully saturated rings. The lowest BCUT2D eigenvalue weighted by molar-refractivity contribution is -0.130. The maximum atomic E-state index is 12.3. The molecule has 0 bridgehead atoms. The van der Waals surface area contributed by atoms with E-state index in [0.29, 0.717) is 18.4 Å². The molecule has 0 aliphatic heterocycles. The summed E-state index contributed by atoms with van der Waals surface area (Å²) in [4.78, 5) is 24.3. The molecule has 0 heterocycles. The number of rotatable bonds is 4. The van der Waals surface area contributed by atoms with Gasteiger partial charge in [0.05, 0.1) is 11.6 Å². The van der Waals surface area contributed by atoms with Gasteiger partial charge in [0.15, 0.2) is 6.10 Å². The molecule has 1 aromatic rings. The quantitative estimate of drug-likeness (QED) is 0.814. The molecule has 1 saturated carbocycles. The number of esters is 1. The summed E-state index contributed by atoms with van der Waals surface area (Å²) < 4.78 is 5.96. The lowest BCUT2D eigenvalue weighted by Gasteiger charge is -2.32. The first kappa shape index (κ1) is 17.5. The lowest BCUT2D eigenvalue weighted by Crippen LogP contribution is -2.52. The van der Waals surface area contributed by atoms with E-state index in [-0.39, 0.29) is 0 Å². The van der Waals surface area contributed by atoms with Crippen molar-refractivity contribution in [3.8, 4) is 6.07 Å². The Morgan fingerprint density at radius 2 is 2.04 bits per heavy atom. The van der Waals surface area contributed by atoms with Crippen molar-refractivity contribution in [3.63, 3.8) is 0 Å². The van der Waals surface area contributed by atoms with Gasteiger partial charge in [-0.2, -0.15) is 5.26 Å². The monoisotopic (exact) mass is 378 g/mol. The minimum Gasteiger partial charge on any atom is -0.449 e. The SMILES string of the molecule is C[C@H](OC(=O)c1cccc(Br)c1)C(=O)NC1(C#N)CCCCC1. The molecule has 1 aliphatic rings. The van der Waals surface area contributed by atoms with Crippen LogP contribution in [0.15, 0.2) is 28.7 Å². The fourth-order valence-electron chi connectivity index (χ4n) is 2.66. The van der Waals surface area contributed by atoms with Crippen LogP contribution < -0.4 is 5.32 Å². The Morgan fingerprint density at radius 3 is 2.65 bits per heavy atom. The molecule has 2 rings (SSSR count). The molecular formula is C17H19BrN2O3. The normalized spacial score (nSPS) is 17.6. The molecule has 1 amide bonds. The van der Waals surface area contributed by atoms with Crippen molar-refractivity contribution in [2.24, 2.45) is 0 Å². The average molecular weight is 379 g/mol. The standard InChI is InChI=1S/C17H19BrN2O3/c1-12(23-16(22)13-6-5-7-14(18)10-13)15(21)20-17(11-19)8-3-2-4-9-17/h5-7,10,12H,2-4,8-9H2,1H3,(H,20,21)/t12-/m0/s1. The third-order valence-corrected chi connectivity index (χ3v) is 4.49. The first-order chi connectivity index (χ1) is 11.0. The molecule has 23 heavy (non-hydrogen) atoms. The van der Waals surface area contributed by atoms with E-state index in [2.05, 4.69) is 27.3 Å². The predicted molar refractivity (Wildman–Crippen MR) is 88.6 cm³/mol. The van der Waals surface area contributed by atoms with Crippen molar-refractivity contribution < 1.29 is 14.3 Å². The van der Waals surface area contributed by atoms with Crippen LogP contribution in [0.2, 0.25) is 0 Å². The Hall–Kier alpha value is -1.87. The predicted octanol–water partition coefficient (Wildman–Crippen LogP) is 3.34. The van der Waals surface area contributed by atoms with Crippen LogP contribution >= 0.6 is 15.9 Å². The number of nitriles is 1. The van der Waals surface area contributed by atoms with Crippen LogP contribution in [-0.2, 0) is 9.53 Å². The van der Waals surface area contributed by atoms with Gasteiger partial charge in [0.1, 0.15) is 5.54 Å². The van der Waals surface area contributed by atoms with E-state index in [0.717, 1.165) is 23.7 Å². The molecule has 1 aromatic carbocycles. The molecule has 1 N–H and O–H groups in total. The summed E-state index contributed by atoms with van der Waals surface area (Å²) in [5.74, 6) is -1.000. The fourth-order valence-corrected chi connectivity index (χ4v) is 3.05. The van der Waals surface area contributed by atoms with Crippen molar-refractivity contribution in [2.45, 2.75) is 50.7 Å². The lowest BCUT2D eigenvalue weighted by atomic mass is 9.83. The van der Waals surface area contributed by atoms with E-state index in [9.17, 15) is 14.9 Å². The summed E-state index contributed by atoms with van der Waals surface area (Å²) in [7, 11) is 0. The van der Waals surface area contributed by atoms with Crippen LogP contribution in [0.1, 0.15) is 49.4 Å². The number of amides is 1. The third-order valence-electron chi connectivity index (χ3n) is 4.00. The fraction of sp³-hybridized carbons (Fsp3) is 0.471. The second-order valence-electron chi connectivity index (χ2n) is 5.80. The second kappa shape index (κ2) is 7.60. The molecule has 6 heteroatoms. The summed E-state index contributed by atoms with van der Waals surface area (Å²) in [5.41, 5.74) is -0.460. The number of hydrogen-bond acceptors (Lipinski definition) is 4. The molecule has 0 radical (unpaired) electrons. The largest absolute Gasteiger partial charge is 0.449 e. The number of carbonyl (C=O) groups is 2. The number of benzene rings is 1. The highest BCUT2D eigenvalue weighted by Gasteiger charge is 2.35. The van der Waals surface area contributed by atoms with Crippen LogP contribution in [0.25, 0.3) is 0 Å². The van der Waals surface area contributed by atoms with Gasteiger partial charge in [0.2, 0.25) is 0 Å². The molecule has 5 nitrogen and oxygen atoms in total. The summed E-state index contributed by atoms with van der Waals surface area (Å²) in [6.07, 6.45) is 3.24. The Kier molecular flexibility index (Phi) is 5.78. The first-order valence-electron chi connectivity index (χ1n) is 7.66. The second-order valence-corrected chi connectivity index (χ2v) is 6.72. The minimum atomic E-state index is -0.950. The summed E-state index contributed by atoms with van der Waals surface area (Å²) >= 11 is 3.28. The number of ether oxygens (including phenoxy) is 1. The van der Waals surface area contributed by atoms with Gasteiger partial charge >= 0.3 is 5.97 Å². The van der Waals surface area contributed by atoms with E-state index < -0.39 is 23.5 Å². The zero-order valence-electron chi connectivity index (χ0n) is 13.0. The van der Waals surface area contributed by atoms with Crippen molar-refractivity contribution in [1.82, 2.24) is 5.32 Å². The number of halogens is 1. The van der Waals surface area contributed by atoms with Gasteiger partial charge in [-0.25, -0.2) is 4.79 Å². The third kappa shape index (κ3) is 4.55. The van der Waals surface area contributed by atoms with Crippen molar-refractivity contribution in [2.75, 3.05) is 0 Å². The molecule has 0 aromatic heterocycles. The van der Waals surface area contributed by atoms with Crippen molar-refractivity contribution in [1.29, 1.82) is 5.26 Å². The van der Waals surface area contributed by atoms with Gasteiger partial charge in [-0.15, -0.1) is 0 Å². The van der Waals surface area contributed by atoms with Crippen LogP contribution in [0, 0.1) is 11.3 Å². The summed E-state index contributed by atoms with van der Waals surface area (Å²) in [5, 5.41) is 12.1. The zero-order valence-corrected chi connectivity index (χ0v) is 14.6. The molecule has 1 aliphatic carbocycles. The molecule has 1 atom stereocenters. The minimum absolute atomic E-state index is 0.367. The van der Waals surface area contributed by atoms with E-state index in [1.807, 2.05) is 0 Å².